The van der Waals surface area contributed by atoms with Crippen LogP contribution in [0, 0.1) is 0 Å². The fourth-order valence-electron chi connectivity index (χ4n) is 3.47. The summed E-state index contributed by atoms with van der Waals surface area (Å²) in [5, 5.41) is 0. The molecule has 3 nitrogen and oxygen atoms in total. The number of piperazine rings is 1. The first kappa shape index (κ1) is 15.4. The van der Waals surface area contributed by atoms with Crippen LogP contribution in [0.5, 0.6) is 0 Å². The van der Waals surface area contributed by atoms with Gasteiger partial charge in [-0.15, -0.1) is 12.6 Å². The Hall–Kier alpha value is -0.520. The lowest BCUT2D eigenvalue weighted by atomic mass is 9.96. The van der Waals surface area contributed by atoms with Gasteiger partial charge in [0, 0.05) is 34.5 Å². The molecule has 2 heterocycles. The molecule has 2 atom stereocenters. The van der Waals surface area contributed by atoms with Crippen LogP contribution in [0.3, 0.4) is 0 Å². The number of rotatable bonds is 1. The number of nitrogens with zero attached hydrogens (tertiary/aromatic N) is 2. The van der Waals surface area contributed by atoms with E-state index in [4.69, 9.17) is 0 Å². The Morgan fingerprint density at radius 2 is 2.14 bits per heavy atom. The highest BCUT2D eigenvalue weighted by Crippen LogP contribution is 2.27. The molecular formula is C16H21BrN2OS. The second-order valence-electron chi connectivity index (χ2n) is 6.12. The van der Waals surface area contributed by atoms with Crippen LogP contribution in [0.25, 0.3) is 0 Å². The van der Waals surface area contributed by atoms with E-state index in [0.717, 1.165) is 28.0 Å². The van der Waals surface area contributed by atoms with Crippen molar-refractivity contribution in [2.45, 2.75) is 43.2 Å². The molecule has 1 aromatic carbocycles. The summed E-state index contributed by atoms with van der Waals surface area (Å²) >= 11 is 7.85. The molecular weight excluding hydrogens is 348 g/mol. The van der Waals surface area contributed by atoms with Gasteiger partial charge >= 0.3 is 0 Å². The Balaban J connectivity index is 1.82. The Bertz CT molecular complexity index is 551. The van der Waals surface area contributed by atoms with Crippen molar-refractivity contribution < 1.29 is 4.79 Å². The van der Waals surface area contributed by atoms with E-state index in [1.807, 2.05) is 23.1 Å². The van der Waals surface area contributed by atoms with Crippen molar-refractivity contribution in [1.82, 2.24) is 9.80 Å². The second-order valence-corrected chi connectivity index (χ2v) is 7.49. The topological polar surface area (TPSA) is 23.6 Å². The number of hydrogen-bond acceptors (Lipinski definition) is 3. The molecule has 2 saturated heterocycles. The van der Waals surface area contributed by atoms with E-state index in [0.29, 0.717) is 6.04 Å². The smallest absolute Gasteiger partial charge is 0.255 e. The minimum atomic E-state index is 0.121. The highest BCUT2D eigenvalue weighted by molar-refractivity contribution is 9.10. The Kier molecular flexibility index (Phi) is 4.62. The van der Waals surface area contributed by atoms with E-state index in [-0.39, 0.29) is 11.9 Å². The lowest BCUT2D eigenvalue weighted by Crippen LogP contribution is -2.60. The summed E-state index contributed by atoms with van der Waals surface area (Å²) in [4.78, 5) is 18.3. The lowest BCUT2D eigenvalue weighted by Gasteiger charge is -2.47. The van der Waals surface area contributed by atoms with Crippen LogP contribution in [0.2, 0.25) is 0 Å². The number of carbonyl (C=O) groups is 1. The molecule has 3 rings (SSSR count). The van der Waals surface area contributed by atoms with Crippen molar-refractivity contribution in [3.63, 3.8) is 0 Å². The molecule has 2 fully saturated rings. The average Bonchev–Trinajstić information content (AvgIpc) is 2.48. The van der Waals surface area contributed by atoms with Gasteiger partial charge in [-0.2, -0.15) is 0 Å². The molecule has 5 heteroatoms. The van der Waals surface area contributed by atoms with Gasteiger partial charge in [-0.1, -0.05) is 6.42 Å². The molecule has 0 aliphatic carbocycles. The quantitative estimate of drug-likeness (QED) is 0.767. The van der Waals surface area contributed by atoms with Gasteiger partial charge < -0.3 is 4.90 Å². The van der Waals surface area contributed by atoms with E-state index >= 15 is 0 Å². The molecule has 2 unspecified atom stereocenters. The number of fused-ring (bicyclic) bond motifs is 1. The lowest BCUT2D eigenvalue weighted by molar-refractivity contribution is 0.0151. The van der Waals surface area contributed by atoms with Crippen LogP contribution >= 0.6 is 28.6 Å². The summed E-state index contributed by atoms with van der Waals surface area (Å²) in [6, 6.07) is 6.46. The van der Waals surface area contributed by atoms with Gasteiger partial charge in [0.1, 0.15) is 0 Å². The number of carbonyl (C=O) groups excluding carboxylic acids is 1. The molecule has 114 valence electrons. The van der Waals surface area contributed by atoms with Crippen molar-refractivity contribution in [2.24, 2.45) is 0 Å². The number of piperidine rings is 1. The summed E-state index contributed by atoms with van der Waals surface area (Å²) in [5.74, 6) is 0.121. The molecule has 21 heavy (non-hydrogen) atoms. The summed E-state index contributed by atoms with van der Waals surface area (Å²) in [6.45, 7) is 5.19. The summed E-state index contributed by atoms with van der Waals surface area (Å²) in [6.07, 6.45) is 3.79. The van der Waals surface area contributed by atoms with Crippen molar-refractivity contribution in [3.8, 4) is 0 Å². The van der Waals surface area contributed by atoms with Crippen LogP contribution in [0.4, 0.5) is 0 Å². The van der Waals surface area contributed by atoms with Gasteiger partial charge in [0.2, 0.25) is 0 Å². The van der Waals surface area contributed by atoms with Crippen LogP contribution in [-0.4, -0.2) is 47.4 Å². The fourth-order valence-corrected chi connectivity index (χ4v) is 4.09. The van der Waals surface area contributed by atoms with E-state index in [9.17, 15) is 4.79 Å². The summed E-state index contributed by atoms with van der Waals surface area (Å²) in [7, 11) is 0. The van der Waals surface area contributed by atoms with Crippen LogP contribution < -0.4 is 0 Å². The molecule has 2 aliphatic heterocycles. The van der Waals surface area contributed by atoms with Crippen molar-refractivity contribution in [2.75, 3.05) is 19.6 Å². The first-order chi connectivity index (χ1) is 10.1. The van der Waals surface area contributed by atoms with Crippen molar-refractivity contribution in [3.05, 3.63) is 28.2 Å². The van der Waals surface area contributed by atoms with Crippen molar-refractivity contribution >= 4 is 34.5 Å². The SMILES string of the molecule is CC1CN2CCCCC2CN1C(=O)c1cc(S)ccc1Br. The summed E-state index contributed by atoms with van der Waals surface area (Å²) < 4.78 is 0.851. The first-order valence-corrected chi connectivity index (χ1v) is 8.84. The zero-order valence-electron chi connectivity index (χ0n) is 12.3. The second kappa shape index (κ2) is 6.31. The highest BCUT2D eigenvalue weighted by Gasteiger charge is 2.35. The Morgan fingerprint density at radius 3 is 2.95 bits per heavy atom. The minimum Gasteiger partial charge on any atom is -0.333 e. The fraction of sp³-hybridized carbons (Fsp3) is 0.562. The van der Waals surface area contributed by atoms with E-state index < -0.39 is 0 Å². The van der Waals surface area contributed by atoms with Gasteiger partial charge in [0.25, 0.3) is 5.91 Å². The molecule has 2 aliphatic rings. The average molecular weight is 369 g/mol. The monoisotopic (exact) mass is 368 g/mol. The van der Waals surface area contributed by atoms with Gasteiger partial charge in [0.05, 0.1) is 5.56 Å². The maximum Gasteiger partial charge on any atom is 0.255 e. The third-order valence-corrected chi connectivity index (χ3v) is 5.60. The first-order valence-electron chi connectivity index (χ1n) is 7.60. The molecule has 0 N–H and O–H groups in total. The molecule has 0 bridgehead atoms. The predicted octanol–water partition coefficient (Wildman–Crippen LogP) is 3.44. The van der Waals surface area contributed by atoms with Crippen molar-refractivity contribution in [1.29, 1.82) is 0 Å². The van der Waals surface area contributed by atoms with Gasteiger partial charge in [-0.3, -0.25) is 9.69 Å². The normalized spacial score (nSPS) is 26.5. The maximum atomic E-state index is 12.9. The number of amides is 1. The van der Waals surface area contributed by atoms with E-state index in [1.54, 1.807) is 0 Å². The number of thiol groups is 1. The Labute approximate surface area is 140 Å². The zero-order valence-corrected chi connectivity index (χ0v) is 14.7. The third-order valence-electron chi connectivity index (χ3n) is 4.63. The van der Waals surface area contributed by atoms with Crippen LogP contribution in [0.1, 0.15) is 36.5 Å². The zero-order chi connectivity index (χ0) is 15.0. The summed E-state index contributed by atoms with van der Waals surface area (Å²) in [5.41, 5.74) is 0.721. The maximum absolute atomic E-state index is 12.9. The molecule has 0 aromatic heterocycles. The van der Waals surface area contributed by atoms with E-state index in [2.05, 4.69) is 40.4 Å². The molecule has 0 radical (unpaired) electrons. The predicted molar refractivity (Wildman–Crippen MR) is 91.1 cm³/mol. The van der Waals surface area contributed by atoms with Gasteiger partial charge in [-0.25, -0.2) is 0 Å². The minimum absolute atomic E-state index is 0.121. The van der Waals surface area contributed by atoms with E-state index in [1.165, 1.54) is 25.8 Å². The molecule has 1 amide bonds. The Morgan fingerprint density at radius 1 is 1.33 bits per heavy atom. The highest BCUT2D eigenvalue weighted by atomic mass is 79.9. The number of benzene rings is 1. The van der Waals surface area contributed by atoms with Gasteiger partial charge in [-0.05, 0) is 60.4 Å². The largest absolute Gasteiger partial charge is 0.333 e. The standard InChI is InChI=1S/C16H21BrN2OS/c1-11-9-18-7-3-2-4-12(18)10-19(11)16(20)14-8-13(21)5-6-15(14)17/h5-6,8,11-12,21H,2-4,7,9-10H2,1H3. The molecule has 0 saturated carbocycles. The molecule has 0 spiro atoms. The van der Waals surface area contributed by atoms with Crippen LogP contribution in [0.15, 0.2) is 27.6 Å². The number of hydrogen-bond donors (Lipinski definition) is 1. The third kappa shape index (κ3) is 3.15. The van der Waals surface area contributed by atoms with Gasteiger partial charge in [0.15, 0.2) is 0 Å². The number of halogens is 1. The molecule has 1 aromatic rings. The van der Waals surface area contributed by atoms with Crippen LogP contribution in [-0.2, 0) is 0 Å².